The summed E-state index contributed by atoms with van der Waals surface area (Å²) < 4.78 is 34.8. The number of anilines is 1. The van der Waals surface area contributed by atoms with Crippen molar-refractivity contribution in [3.05, 3.63) is 53.6 Å². The maximum atomic E-state index is 14.0. The van der Waals surface area contributed by atoms with Crippen molar-refractivity contribution in [2.45, 2.75) is 51.8 Å². The molecule has 4 heterocycles. The number of carbonyl (C=O) groups is 1. The molecule has 184 valence electrons. The van der Waals surface area contributed by atoms with Crippen LogP contribution in [-0.4, -0.2) is 55.8 Å². The predicted octanol–water partition coefficient (Wildman–Crippen LogP) is 3.50. The Balaban J connectivity index is 1.40. The molecule has 0 saturated carbocycles. The average molecular weight is 483 g/mol. The number of aryl methyl sites for hydroxylation is 1. The van der Waals surface area contributed by atoms with Crippen molar-refractivity contribution in [3.8, 4) is 17.0 Å². The van der Waals surface area contributed by atoms with Gasteiger partial charge in [0.05, 0.1) is 24.1 Å². The summed E-state index contributed by atoms with van der Waals surface area (Å²) in [6.07, 6.45) is 5.46. The Bertz CT molecular complexity index is 1250. The molecular formula is C25H28F2N6O2. The van der Waals surface area contributed by atoms with Crippen LogP contribution < -0.4 is 9.64 Å². The fraction of sp³-hybridized carbons (Fsp3) is 0.440. The molecule has 2 aromatic heterocycles. The highest BCUT2D eigenvalue weighted by Gasteiger charge is 2.31. The summed E-state index contributed by atoms with van der Waals surface area (Å²) in [5, 5.41) is 4.30. The van der Waals surface area contributed by atoms with Crippen LogP contribution in [0, 0.1) is 11.6 Å². The van der Waals surface area contributed by atoms with Gasteiger partial charge >= 0.3 is 0 Å². The van der Waals surface area contributed by atoms with E-state index in [-0.39, 0.29) is 23.8 Å². The number of rotatable bonds is 4. The monoisotopic (exact) mass is 482 g/mol. The first kappa shape index (κ1) is 23.2. The lowest BCUT2D eigenvalue weighted by Crippen LogP contribution is -2.43. The van der Waals surface area contributed by atoms with Crippen LogP contribution in [0.5, 0.6) is 5.75 Å². The number of fused-ring (bicyclic) bond motifs is 1. The quantitative estimate of drug-likeness (QED) is 0.567. The number of carbonyl (C=O) groups excluding carboxylic acids is 1. The van der Waals surface area contributed by atoms with Gasteiger partial charge in [0.2, 0.25) is 5.91 Å². The van der Waals surface area contributed by atoms with E-state index in [4.69, 9.17) is 14.7 Å². The van der Waals surface area contributed by atoms with Gasteiger partial charge in [-0.15, -0.1) is 0 Å². The van der Waals surface area contributed by atoms with Crippen LogP contribution in [0.15, 0.2) is 30.6 Å². The molecule has 0 aliphatic carbocycles. The summed E-state index contributed by atoms with van der Waals surface area (Å²) in [6, 6.07) is 3.42. The second-order valence-electron chi connectivity index (χ2n) is 9.27. The molecule has 0 radical (unpaired) electrons. The fourth-order valence-electron chi connectivity index (χ4n) is 4.81. The van der Waals surface area contributed by atoms with Gasteiger partial charge in [0.1, 0.15) is 17.6 Å². The van der Waals surface area contributed by atoms with Crippen molar-refractivity contribution in [1.29, 1.82) is 0 Å². The molecule has 10 heteroatoms. The van der Waals surface area contributed by atoms with Gasteiger partial charge in [-0.1, -0.05) is 0 Å². The third-order valence-corrected chi connectivity index (χ3v) is 6.69. The van der Waals surface area contributed by atoms with E-state index in [9.17, 15) is 13.6 Å². The van der Waals surface area contributed by atoms with Crippen LogP contribution in [0.2, 0.25) is 0 Å². The van der Waals surface area contributed by atoms with Crippen LogP contribution in [0.4, 0.5) is 14.6 Å². The molecule has 3 aromatic rings. The second-order valence-corrected chi connectivity index (χ2v) is 9.27. The Morgan fingerprint density at radius 2 is 1.91 bits per heavy atom. The Kier molecular flexibility index (Phi) is 6.12. The summed E-state index contributed by atoms with van der Waals surface area (Å²) in [5.41, 5.74) is 3.31. The molecule has 35 heavy (non-hydrogen) atoms. The average Bonchev–Trinajstić information content (AvgIpc) is 3.26. The van der Waals surface area contributed by atoms with Gasteiger partial charge in [-0.05, 0) is 19.1 Å². The molecule has 5 rings (SSSR count). The van der Waals surface area contributed by atoms with Gasteiger partial charge in [0, 0.05) is 70.2 Å². The second kappa shape index (κ2) is 9.24. The maximum absolute atomic E-state index is 14.0. The van der Waals surface area contributed by atoms with Crippen LogP contribution in [0.1, 0.15) is 38.1 Å². The Hall–Kier alpha value is -3.56. The molecule has 2 aliphatic heterocycles. The van der Waals surface area contributed by atoms with Crippen molar-refractivity contribution in [2.24, 2.45) is 7.05 Å². The lowest BCUT2D eigenvalue weighted by Gasteiger charge is -2.36. The van der Waals surface area contributed by atoms with Crippen LogP contribution in [-0.2, 0) is 24.8 Å². The van der Waals surface area contributed by atoms with Crippen molar-refractivity contribution in [3.63, 3.8) is 0 Å². The molecule has 2 aliphatic rings. The molecule has 1 saturated heterocycles. The number of piperidine rings is 1. The normalized spacial score (nSPS) is 18.5. The smallest absolute Gasteiger partial charge is 0.220 e. The largest absolute Gasteiger partial charge is 0.487 e. The van der Waals surface area contributed by atoms with Gasteiger partial charge in [-0.25, -0.2) is 18.7 Å². The lowest BCUT2D eigenvalue weighted by atomic mass is 10.0. The van der Waals surface area contributed by atoms with E-state index < -0.39 is 11.6 Å². The zero-order chi connectivity index (χ0) is 24.7. The predicted molar refractivity (Wildman–Crippen MR) is 126 cm³/mol. The zero-order valence-corrected chi connectivity index (χ0v) is 20.0. The maximum Gasteiger partial charge on any atom is 0.220 e. The highest BCUT2D eigenvalue weighted by molar-refractivity contribution is 5.75. The number of hydrogen-bond donors (Lipinski definition) is 0. The topological polar surface area (TPSA) is 76.4 Å². The van der Waals surface area contributed by atoms with Crippen LogP contribution >= 0.6 is 0 Å². The van der Waals surface area contributed by atoms with Gasteiger partial charge in [-0.2, -0.15) is 5.10 Å². The van der Waals surface area contributed by atoms with E-state index in [0.29, 0.717) is 38.9 Å². The van der Waals surface area contributed by atoms with Gasteiger partial charge < -0.3 is 14.5 Å². The van der Waals surface area contributed by atoms with Gasteiger partial charge in [0.25, 0.3) is 0 Å². The minimum absolute atomic E-state index is 0.0246. The zero-order valence-electron chi connectivity index (χ0n) is 20.0. The minimum Gasteiger partial charge on any atom is -0.487 e. The molecule has 0 N–H and O–H groups in total. The summed E-state index contributed by atoms with van der Waals surface area (Å²) in [4.78, 5) is 26.1. The SMILES string of the molecule is CC(=O)N1Cc2nc(-c3cnn(C)c3)c(N3CCC(Oc4ccc(F)cc4F)CC3)nc2CC1C. The number of benzene rings is 1. The first-order valence-corrected chi connectivity index (χ1v) is 11.8. The van der Waals surface area contributed by atoms with Crippen LogP contribution in [0.3, 0.4) is 0 Å². The number of halogens is 2. The van der Waals surface area contributed by atoms with Crippen molar-refractivity contribution in [1.82, 2.24) is 24.6 Å². The third kappa shape index (κ3) is 4.69. The summed E-state index contributed by atoms with van der Waals surface area (Å²) in [6.45, 7) is 5.35. The first-order chi connectivity index (χ1) is 16.8. The Labute approximate surface area is 202 Å². The number of hydrogen-bond acceptors (Lipinski definition) is 6. The third-order valence-electron chi connectivity index (χ3n) is 6.69. The molecule has 0 bridgehead atoms. The number of ether oxygens (including phenoxy) is 1. The van der Waals surface area contributed by atoms with Crippen molar-refractivity contribution < 1.29 is 18.3 Å². The molecular weight excluding hydrogens is 454 g/mol. The Morgan fingerprint density at radius 1 is 1.14 bits per heavy atom. The fourth-order valence-corrected chi connectivity index (χ4v) is 4.81. The first-order valence-electron chi connectivity index (χ1n) is 11.8. The van der Waals surface area contributed by atoms with Crippen LogP contribution in [0.25, 0.3) is 11.3 Å². The van der Waals surface area contributed by atoms with Crippen molar-refractivity contribution >= 4 is 11.7 Å². The van der Waals surface area contributed by atoms with E-state index in [1.54, 1.807) is 17.8 Å². The van der Waals surface area contributed by atoms with Crippen molar-refractivity contribution in [2.75, 3.05) is 18.0 Å². The molecule has 1 fully saturated rings. The minimum atomic E-state index is -0.694. The lowest BCUT2D eigenvalue weighted by molar-refractivity contribution is -0.132. The summed E-state index contributed by atoms with van der Waals surface area (Å²) in [7, 11) is 1.85. The van der Waals surface area contributed by atoms with E-state index in [1.807, 2.05) is 25.1 Å². The number of amides is 1. The van der Waals surface area contributed by atoms with E-state index >= 15 is 0 Å². The van der Waals surface area contributed by atoms with E-state index in [2.05, 4.69) is 10.00 Å². The van der Waals surface area contributed by atoms with E-state index in [0.717, 1.165) is 34.5 Å². The molecule has 1 unspecified atom stereocenters. The summed E-state index contributed by atoms with van der Waals surface area (Å²) in [5.74, 6) is -0.443. The molecule has 1 aromatic carbocycles. The highest BCUT2D eigenvalue weighted by atomic mass is 19.1. The molecule has 0 spiro atoms. The van der Waals surface area contributed by atoms with Gasteiger partial charge in [-0.3, -0.25) is 9.48 Å². The van der Waals surface area contributed by atoms with Gasteiger partial charge in [0.15, 0.2) is 17.4 Å². The summed E-state index contributed by atoms with van der Waals surface area (Å²) >= 11 is 0. The Morgan fingerprint density at radius 3 is 2.57 bits per heavy atom. The molecule has 8 nitrogen and oxygen atoms in total. The standard InChI is InChI=1S/C25H28F2N6O2/c1-15-10-21-22(14-33(15)16(2)34)29-24(17-12-28-31(3)13-17)25(30-21)32-8-6-19(7-9-32)35-23-5-4-18(26)11-20(23)27/h4-5,11-13,15,19H,6-10,14H2,1-3H3. The number of aromatic nitrogens is 4. The van der Waals surface area contributed by atoms with E-state index in [1.165, 1.54) is 12.1 Å². The number of nitrogens with zero attached hydrogens (tertiary/aromatic N) is 6. The molecule has 1 amide bonds. The highest BCUT2D eigenvalue weighted by Crippen LogP contribution is 2.33. The molecule has 1 atom stereocenters.